The summed E-state index contributed by atoms with van der Waals surface area (Å²) in [6, 6.07) is 60.7. The Kier molecular flexibility index (Phi) is 7.19. The average Bonchev–Trinajstić information content (AvgIpc) is 3.84. The summed E-state index contributed by atoms with van der Waals surface area (Å²) in [6.07, 6.45) is 1.64. The number of fused-ring (bicyclic) bond motifs is 1. The molecule has 8 aromatic carbocycles. The van der Waals surface area contributed by atoms with Gasteiger partial charge in [0, 0.05) is 39.3 Å². The smallest absolute Gasteiger partial charge is 0.149 e. The highest BCUT2D eigenvalue weighted by atomic mass is 16.3. The standard InChI is InChI=1S/C59H47N3O/c1-39-33-52(43-21-12-7-13-22-43)55(38-51(39)42-19-10-6-11-20-42)62-54-25-16-24-49(57(54)61-58(62)50-23-14-15-26-56(50)63)46-34-45(40-17-8-5-9-18-40)35-47(36-46)53-37-44(31-32-60-53)41-27-29-48(30-28-41)59(2,3)4/h5-38,63H,1-4H3/i1D3,2D3,3D3,4D3. The third-order valence-corrected chi connectivity index (χ3v) is 11.4. The van der Waals surface area contributed by atoms with E-state index >= 15 is 0 Å². The molecule has 0 amide bonds. The summed E-state index contributed by atoms with van der Waals surface area (Å²) in [5.74, 6) is 0.418. The molecule has 0 spiro atoms. The first kappa shape index (κ1) is 27.9. The van der Waals surface area contributed by atoms with E-state index in [0.717, 1.165) is 38.9 Å². The van der Waals surface area contributed by atoms with Crippen molar-refractivity contribution in [3.63, 3.8) is 0 Å². The normalized spacial score (nSPS) is 15.2. The van der Waals surface area contributed by atoms with Crippen molar-refractivity contribution < 1.29 is 21.6 Å². The summed E-state index contributed by atoms with van der Waals surface area (Å²) in [5, 5.41) is 11.6. The minimum absolute atomic E-state index is 0.000579. The summed E-state index contributed by atoms with van der Waals surface area (Å²) in [5.41, 5.74) is 7.57. The van der Waals surface area contributed by atoms with Gasteiger partial charge >= 0.3 is 0 Å². The van der Waals surface area contributed by atoms with Crippen LogP contribution in [0.5, 0.6) is 5.75 Å². The van der Waals surface area contributed by atoms with Crippen LogP contribution in [0.4, 0.5) is 0 Å². The van der Waals surface area contributed by atoms with E-state index in [1.165, 1.54) is 24.3 Å². The van der Waals surface area contributed by atoms with Crippen LogP contribution >= 0.6 is 0 Å². The minimum Gasteiger partial charge on any atom is -0.507 e. The van der Waals surface area contributed by atoms with Gasteiger partial charge in [0.05, 0.1) is 28.0 Å². The average molecular weight is 826 g/mol. The number of benzene rings is 8. The number of phenols is 1. The number of pyridine rings is 1. The zero-order chi connectivity index (χ0) is 53.1. The Morgan fingerprint density at radius 3 is 1.79 bits per heavy atom. The van der Waals surface area contributed by atoms with Crippen molar-refractivity contribution in [3.8, 4) is 89.7 Å². The zero-order valence-corrected chi connectivity index (χ0v) is 33.9. The fourth-order valence-corrected chi connectivity index (χ4v) is 8.31. The SMILES string of the molecule is [2H]C([2H])([2H])c1cc(-c2ccccc2)c(-n2c(-c3ccccc3O)nc3c(-c4cc(-c5ccccc5)cc(-c5cc(-c6ccc(C(C([2H])([2H])[2H])(C([2H])([2H])[2H])C([2H])([2H])[2H])cc6)ccn5)c4)cccc32)cc1-c1ccccc1. The molecule has 10 rings (SSSR count). The van der Waals surface area contributed by atoms with Crippen molar-refractivity contribution in [3.05, 3.63) is 218 Å². The fraction of sp³-hybridized carbons (Fsp3) is 0.0847. The van der Waals surface area contributed by atoms with Crippen molar-refractivity contribution in [2.75, 3.05) is 0 Å². The number of hydrogen-bond acceptors (Lipinski definition) is 3. The number of aryl methyl sites for hydroxylation is 1. The largest absolute Gasteiger partial charge is 0.507 e. The maximum Gasteiger partial charge on any atom is 0.149 e. The van der Waals surface area contributed by atoms with Gasteiger partial charge in [0.1, 0.15) is 11.6 Å². The molecule has 304 valence electrons. The molecule has 0 aliphatic rings. The molecule has 4 heteroatoms. The molecule has 0 unspecified atom stereocenters. The Morgan fingerprint density at radius 1 is 0.476 bits per heavy atom. The first-order valence-electron chi connectivity index (χ1n) is 26.5. The van der Waals surface area contributed by atoms with E-state index in [0.29, 0.717) is 56.1 Å². The second-order valence-electron chi connectivity index (χ2n) is 15.5. The van der Waals surface area contributed by atoms with Gasteiger partial charge in [0.2, 0.25) is 0 Å². The van der Waals surface area contributed by atoms with E-state index in [1.807, 2.05) is 144 Å². The van der Waals surface area contributed by atoms with Gasteiger partial charge in [-0.15, -0.1) is 0 Å². The van der Waals surface area contributed by atoms with Gasteiger partial charge in [-0.25, -0.2) is 4.98 Å². The number of hydrogen-bond donors (Lipinski definition) is 1. The molecule has 0 radical (unpaired) electrons. The second kappa shape index (κ2) is 16.2. The van der Waals surface area contributed by atoms with Crippen molar-refractivity contribution in [2.24, 2.45) is 0 Å². The highest BCUT2D eigenvalue weighted by Crippen LogP contribution is 2.43. The summed E-state index contributed by atoms with van der Waals surface area (Å²) in [7, 11) is 0. The Hall–Kier alpha value is -7.82. The molecular formula is C59H47N3O. The lowest BCUT2D eigenvalue weighted by atomic mass is 9.86. The van der Waals surface area contributed by atoms with E-state index < -0.39 is 32.8 Å². The topological polar surface area (TPSA) is 50.9 Å². The molecule has 0 bridgehead atoms. The van der Waals surface area contributed by atoms with Crippen LogP contribution in [-0.4, -0.2) is 19.6 Å². The van der Waals surface area contributed by atoms with Crippen molar-refractivity contribution in [2.45, 2.75) is 32.8 Å². The second-order valence-corrected chi connectivity index (χ2v) is 15.5. The molecule has 2 aromatic heterocycles. The van der Waals surface area contributed by atoms with Crippen molar-refractivity contribution in [1.29, 1.82) is 0 Å². The zero-order valence-electron chi connectivity index (χ0n) is 45.9. The van der Waals surface area contributed by atoms with Gasteiger partial charge in [-0.3, -0.25) is 9.55 Å². The maximum atomic E-state index is 11.6. The van der Waals surface area contributed by atoms with Gasteiger partial charge in [-0.05, 0) is 129 Å². The summed E-state index contributed by atoms with van der Waals surface area (Å²) >= 11 is 0. The molecule has 63 heavy (non-hydrogen) atoms. The van der Waals surface area contributed by atoms with E-state index in [9.17, 15) is 5.11 Å². The molecule has 0 atom stereocenters. The molecule has 0 aliphatic heterocycles. The van der Waals surface area contributed by atoms with Crippen LogP contribution in [0, 0.1) is 6.85 Å². The monoisotopic (exact) mass is 825 g/mol. The number of rotatable bonds is 8. The van der Waals surface area contributed by atoms with Crippen LogP contribution in [0.2, 0.25) is 0 Å². The predicted molar refractivity (Wildman–Crippen MR) is 262 cm³/mol. The van der Waals surface area contributed by atoms with Crippen molar-refractivity contribution in [1.82, 2.24) is 14.5 Å². The first-order valence-corrected chi connectivity index (χ1v) is 20.5. The van der Waals surface area contributed by atoms with Gasteiger partial charge in [0.25, 0.3) is 0 Å². The Balaban J connectivity index is 1.19. The van der Waals surface area contributed by atoms with Gasteiger partial charge in [0.15, 0.2) is 0 Å². The Labute approximate surface area is 386 Å². The van der Waals surface area contributed by atoms with Crippen LogP contribution < -0.4 is 0 Å². The predicted octanol–water partition coefficient (Wildman–Crippen LogP) is 15.4. The van der Waals surface area contributed by atoms with E-state index in [2.05, 4.69) is 6.07 Å². The number of nitrogens with zero attached hydrogens (tertiary/aromatic N) is 3. The van der Waals surface area contributed by atoms with Crippen LogP contribution in [0.25, 0.3) is 95.0 Å². The Bertz CT molecular complexity index is 3680. The van der Waals surface area contributed by atoms with Crippen LogP contribution in [0.15, 0.2) is 206 Å². The maximum absolute atomic E-state index is 11.6. The molecule has 0 saturated heterocycles. The highest BCUT2D eigenvalue weighted by molar-refractivity contribution is 5.99. The lowest BCUT2D eigenvalue weighted by molar-refractivity contribution is 0.477. The van der Waals surface area contributed by atoms with Crippen molar-refractivity contribution >= 4 is 11.0 Å². The van der Waals surface area contributed by atoms with Gasteiger partial charge < -0.3 is 5.11 Å². The lowest BCUT2D eigenvalue weighted by Gasteiger charge is -2.19. The fourth-order valence-electron chi connectivity index (χ4n) is 8.31. The van der Waals surface area contributed by atoms with E-state index in [-0.39, 0.29) is 16.9 Å². The highest BCUT2D eigenvalue weighted by Gasteiger charge is 2.24. The minimum atomic E-state index is -3.40. The van der Waals surface area contributed by atoms with E-state index in [1.54, 1.807) is 36.5 Å². The first-order chi connectivity index (χ1) is 35.7. The molecular weight excluding hydrogens is 767 g/mol. The Morgan fingerprint density at radius 2 is 1.10 bits per heavy atom. The van der Waals surface area contributed by atoms with Gasteiger partial charge in [-0.2, -0.15) is 0 Å². The van der Waals surface area contributed by atoms with E-state index in [4.69, 9.17) is 26.4 Å². The van der Waals surface area contributed by atoms with Gasteiger partial charge in [-0.1, -0.05) is 160 Å². The molecule has 0 saturated carbocycles. The third kappa shape index (κ3) is 7.62. The quantitative estimate of drug-likeness (QED) is 0.166. The molecule has 1 N–H and O–H groups in total. The summed E-state index contributed by atoms with van der Waals surface area (Å²) < 4.78 is 102. The lowest BCUT2D eigenvalue weighted by Crippen LogP contribution is -2.10. The number of para-hydroxylation sites is 2. The number of phenolic OH excluding ortho intramolecular Hbond substituents is 1. The van der Waals surface area contributed by atoms with Crippen LogP contribution in [-0.2, 0) is 5.41 Å². The molecule has 4 nitrogen and oxygen atoms in total. The summed E-state index contributed by atoms with van der Waals surface area (Å²) in [6.45, 7) is -12.7. The summed E-state index contributed by atoms with van der Waals surface area (Å²) in [4.78, 5) is 10.2. The molecule has 0 aliphatic carbocycles. The molecule has 10 aromatic rings. The molecule has 2 heterocycles. The number of imidazole rings is 1. The number of aromatic hydroxyl groups is 1. The third-order valence-electron chi connectivity index (χ3n) is 11.4. The number of aromatic nitrogens is 3. The van der Waals surface area contributed by atoms with Crippen LogP contribution in [0.3, 0.4) is 0 Å². The van der Waals surface area contributed by atoms with Crippen LogP contribution in [0.1, 0.15) is 48.1 Å². The molecule has 0 fully saturated rings.